The lowest BCUT2D eigenvalue weighted by Crippen LogP contribution is -2.48. The fraction of sp³-hybridized carbons (Fsp3) is 0.722. The van der Waals surface area contributed by atoms with Gasteiger partial charge in [0.1, 0.15) is 6.04 Å². The van der Waals surface area contributed by atoms with Gasteiger partial charge in [-0.1, -0.05) is 20.8 Å². The summed E-state index contributed by atoms with van der Waals surface area (Å²) < 4.78 is 0. The number of unbranched alkanes of at least 4 members (excludes halogenated alkanes) is 1. The molecule has 1 N–H and O–H groups in total. The van der Waals surface area contributed by atoms with E-state index < -0.39 is 0 Å². The van der Waals surface area contributed by atoms with Crippen molar-refractivity contribution in [2.24, 2.45) is 5.41 Å². The van der Waals surface area contributed by atoms with E-state index in [9.17, 15) is 9.59 Å². The van der Waals surface area contributed by atoms with Gasteiger partial charge < -0.3 is 10.2 Å². The summed E-state index contributed by atoms with van der Waals surface area (Å²) in [6.07, 6.45) is 3.38. The molecule has 7 heteroatoms. The van der Waals surface area contributed by atoms with E-state index in [0.717, 1.165) is 30.0 Å². The number of hydrogen-bond donors (Lipinski definition) is 1. The van der Waals surface area contributed by atoms with Crippen LogP contribution in [0.1, 0.15) is 50.7 Å². The zero-order valence-electron chi connectivity index (χ0n) is 15.6. The molecule has 5 nitrogen and oxygen atoms in total. The maximum atomic E-state index is 12.4. The van der Waals surface area contributed by atoms with E-state index in [1.807, 2.05) is 27.7 Å². The Bertz CT molecular complexity index is 595. The van der Waals surface area contributed by atoms with E-state index in [2.05, 4.69) is 15.7 Å². The van der Waals surface area contributed by atoms with E-state index in [0.29, 0.717) is 24.6 Å². The number of aromatic nitrogens is 1. The third kappa shape index (κ3) is 6.62. The topological polar surface area (TPSA) is 62.3 Å². The summed E-state index contributed by atoms with van der Waals surface area (Å²) in [5, 5.41) is 6.23. The van der Waals surface area contributed by atoms with Crippen LogP contribution in [0.2, 0.25) is 0 Å². The molecule has 1 aromatic heterocycles. The molecule has 2 heterocycles. The van der Waals surface area contributed by atoms with Gasteiger partial charge >= 0.3 is 0 Å². The van der Waals surface area contributed by atoms with Crippen molar-refractivity contribution in [3.05, 3.63) is 16.1 Å². The Labute approximate surface area is 159 Å². The molecule has 1 atom stereocenters. The molecule has 2 rings (SSSR count). The van der Waals surface area contributed by atoms with Crippen molar-refractivity contribution >= 4 is 34.9 Å². The number of rotatable bonds is 7. The third-order valence-corrected chi connectivity index (χ3v) is 6.01. The van der Waals surface area contributed by atoms with Gasteiger partial charge in [0.05, 0.1) is 10.9 Å². The molecule has 1 aliphatic rings. The summed E-state index contributed by atoms with van der Waals surface area (Å²) in [6, 6.07) is -0.318. The van der Waals surface area contributed by atoms with Crippen molar-refractivity contribution in [3.8, 4) is 0 Å². The Morgan fingerprint density at radius 2 is 2.12 bits per heavy atom. The lowest BCUT2D eigenvalue weighted by Gasteiger charge is -2.26. The first-order chi connectivity index (χ1) is 11.8. The Morgan fingerprint density at radius 3 is 2.76 bits per heavy atom. The van der Waals surface area contributed by atoms with Crippen molar-refractivity contribution in [1.29, 1.82) is 0 Å². The minimum atomic E-state index is -0.318. The lowest BCUT2D eigenvalue weighted by atomic mass is 9.91. The van der Waals surface area contributed by atoms with Crippen LogP contribution in [0.15, 0.2) is 5.38 Å². The first-order valence-corrected chi connectivity index (χ1v) is 10.9. The van der Waals surface area contributed by atoms with Crippen LogP contribution in [-0.4, -0.2) is 45.9 Å². The number of carbonyl (C=O) groups is 2. The van der Waals surface area contributed by atoms with Crippen LogP contribution in [0, 0.1) is 12.3 Å². The minimum Gasteiger partial charge on any atom is -0.354 e. The van der Waals surface area contributed by atoms with Crippen molar-refractivity contribution in [1.82, 2.24) is 15.2 Å². The molecular weight excluding hydrogens is 354 g/mol. The second-order valence-corrected chi connectivity index (χ2v) is 9.69. The van der Waals surface area contributed by atoms with Crippen LogP contribution in [-0.2, 0) is 16.0 Å². The standard InChI is InChI=1S/C18H29N3O2S2/c1-13-10-25-15(20-13)7-5-6-8-19-17(23)14-11-24-12-21(14)16(22)9-18(2,3)4/h10,14H,5-9,11-12H2,1-4H3,(H,19,23). The number of aryl methyl sites for hydroxylation is 2. The van der Waals surface area contributed by atoms with Gasteiger partial charge in [0.2, 0.25) is 11.8 Å². The largest absolute Gasteiger partial charge is 0.354 e. The molecule has 1 aliphatic heterocycles. The molecule has 25 heavy (non-hydrogen) atoms. The van der Waals surface area contributed by atoms with Gasteiger partial charge in [-0.3, -0.25) is 9.59 Å². The van der Waals surface area contributed by atoms with Gasteiger partial charge in [0, 0.05) is 29.8 Å². The molecule has 0 saturated carbocycles. The molecule has 0 aliphatic carbocycles. The number of nitrogens with zero attached hydrogens (tertiary/aromatic N) is 2. The average molecular weight is 384 g/mol. The zero-order chi connectivity index (χ0) is 18.4. The third-order valence-electron chi connectivity index (χ3n) is 3.97. The number of carbonyl (C=O) groups excluding carboxylic acids is 2. The van der Waals surface area contributed by atoms with E-state index in [1.54, 1.807) is 28.0 Å². The maximum absolute atomic E-state index is 12.4. The summed E-state index contributed by atoms with van der Waals surface area (Å²) >= 11 is 3.35. The van der Waals surface area contributed by atoms with Crippen LogP contribution in [0.4, 0.5) is 0 Å². The van der Waals surface area contributed by atoms with Crippen molar-refractivity contribution in [2.45, 2.75) is 59.4 Å². The first kappa shape index (κ1) is 20.2. The Kier molecular flexibility index (Phi) is 7.31. The van der Waals surface area contributed by atoms with Gasteiger partial charge in [-0.25, -0.2) is 4.98 Å². The summed E-state index contributed by atoms with van der Waals surface area (Å²) in [6.45, 7) is 8.81. The van der Waals surface area contributed by atoms with Gasteiger partial charge in [0.25, 0.3) is 0 Å². The average Bonchev–Trinajstić information content (AvgIpc) is 3.14. The predicted octanol–water partition coefficient (Wildman–Crippen LogP) is 3.23. The van der Waals surface area contributed by atoms with E-state index in [4.69, 9.17) is 0 Å². The lowest BCUT2D eigenvalue weighted by molar-refractivity contribution is -0.139. The fourth-order valence-electron chi connectivity index (χ4n) is 2.71. The molecule has 140 valence electrons. The number of thioether (sulfide) groups is 1. The minimum absolute atomic E-state index is 0.0163. The van der Waals surface area contributed by atoms with Crippen LogP contribution < -0.4 is 5.32 Å². The monoisotopic (exact) mass is 383 g/mol. The molecule has 0 aromatic carbocycles. The van der Waals surface area contributed by atoms with E-state index >= 15 is 0 Å². The molecule has 1 aromatic rings. The number of thiazole rings is 1. The highest BCUT2D eigenvalue weighted by Gasteiger charge is 2.35. The van der Waals surface area contributed by atoms with Crippen molar-refractivity contribution < 1.29 is 9.59 Å². The van der Waals surface area contributed by atoms with Crippen LogP contribution >= 0.6 is 23.1 Å². The highest BCUT2D eigenvalue weighted by atomic mass is 32.2. The predicted molar refractivity (Wildman–Crippen MR) is 105 cm³/mol. The SMILES string of the molecule is Cc1csc(CCCCNC(=O)C2CSCN2C(=O)CC(C)(C)C)n1. The molecule has 2 amide bonds. The number of nitrogens with one attached hydrogen (secondary N) is 1. The number of amides is 2. The van der Waals surface area contributed by atoms with Crippen LogP contribution in [0.5, 0.6) is 0 Å². The molecule has 1 saturated heterocycles. The quantitative estimate of drug-likeness (QED) is 0.734. The highest BCUT2D eigenvalue weighted by molar-refractivity contribution is 7.99. The summed E-state index contributed by atoms with van der Waals surface area (Å²) in [5.41, 5.74) is 1.02. The second kappa shape index (κ2) is 9.03. The van der Waals surface area contributed by atoms with Crippen molar-refractivity contribution in [3.63, 3.8) is 0 Å². The van der Waals surface area contributed by atoms with Gasteiger partial charge in [-0.15, -0.1) is 23.1 Å². The molecule has 1 fully saturated rings. The maximum Gasteiger partial charge on any atom is 0.243 e. The van der Waals surface area contributed by atoms with Crippen molar-refractivity contribution in [2.75, 3.05) is 18.2 Å². The Morgan fingerprint density at radius 1 is 1.36 bits per heavy atom. The summed E-state index contributed by atoms with van der Waals surface area (Å²) in [5.74, 6) is 1.38. The van der Waals surface area contributed by atoms with Crippen LogP contribution in [0.25, 0.3) is 0 Å². The molecule has 0 radical (unpaired) electrons. The molecule has 1 unspecified atom stereocenters. The van der Waals surface area contributed by atoms with Gasteiger partial charge in [0.15, 0.2) is 0 Å². The van der Waals surface area contributed by atoms with Gasteiger partial charge in [-0.05, 0) is 31.6 Å². The smallest absolute Gasteiger partial charge is 0.243 e. The fourth-order valence-corrected chi connectivity index (χ4v) is 4.71. The Hall–Kier alpha value is -1.08. The summed E-state index contributed by atoms with van der Waals surface area (Å²) in [4.78, 5) is 31.1. The summed E-state index contributed by atoms with van der Waals surface area (Å²) in [7, 11) is 0. The number of hydrogen-bond acceptors (Lipinski definition) is 5. The van der Waals surface area contributed by atoms with Crippen LogP contribution in [0.3, 0.4) is 0 Å². The zero-order valence-corrected chi connectivity index (χ0v) is 17.3. The molecule has 0 bridgehead atoms. The molecule has 0 spiro atoms. The van der Waals surface area contributed by atoms with E-state index in [-0.39, 0.29) is 23.3 Å². The Balaban J connectivity index is 1.71. The van der Waals surface area contributed by atoms with E-state index in [1.165, 1.54) is 0 Å². The van der Waals surface area contributed by atoms with Gasteiger partial charge in [-0.2, -0.15) is 0 Å². The highest BCUT2D eigenvalue weighted by Crippen LogP contribution is 2.26. The molecular formula is C18H29N3O2S2. The second-order valence-electron chi connectivity index (χ2n) is 7.75. The normalized spacial score (nSPS) is 17.8. The first-order valence-electron chi connectivity index (χ1n) is 8.82.